The van der Waals surface area contributed by atoms with Crippen LogP contribution in [0.5, 0.6) is 0 Å². The summed E-state index contributed by atoms with van der Waals surface area (Å²) in [5.41, 5.74) is 3.22. The van der Waals surface area contributed by atoms with E-state index in [0.29, 0.717) is 27.6 Å². The molecule has 5 nitrogen and oxygen atoms in total. The molecule has 1 N–H and O–H groups in total. The van der Waals surface area contributed by atoms with Crippen LogP contribution >= 0.6 is 11.6 Å². The maximum absolute atomic E-state index is 12.6. The van der Waals surface area contributed by atoms with Crippen LogP contribution in [0.2, 0.25) is 5.02 Å². The highest BCUT2D eigenvalue weighted by Gasteiger charge is 2.11. The molecule has 2 aromatic heterocycles. The third kappa shape index (κ3) is 3.54. The molecule has 2 aromatic carbocycles. The van der Waals surface area contributed by atoms with Gasteiger partial charge in [0, 0.05) is 27.7 Å². The van der Waals surface area contributed by atoms with Gasteiger partial charge in [-0.2, -0.15) is 5.26 Å². The topological polar surface area (TPSA) is 78.7 Å². The van der Waals surface area contributed by atoms with Crippen molar-refractivity contribution in [3.05, 3.63) is 89.1 Å². The molecular formula is C22H13ClN4O. The van der Waals surface area contributed by atoms with E-state index in [1.807, 2.05) is 30.3 Å². The van der Waals surface area contributed by atoms with Gasteiger partial charge >= 0.3 is 0 Å². The highest BCUT2D eigenvalue weighted by atomic mass is 35.5. The number of aromatic nitrogens is 2. The van der Waals surface area contributed by atoms with Crippen LogP contribution < -0.4 is 5.32 Å². The second kappa shape index (κ2) is 7.47. The molecule has 0 aliphatic heterocycles. The van der Waals surface area contributed by atoms with Crippen molar-refractivity contribution in [3.8, 4) is 17.2 Å². The van der Waals surface area contributed by atoms with E-state index < -0.39 is 0 Å². The standard InChI is InChI=1S/C22H13ClN4O/c23-19-12-17(7-9-18(19)15-5-3-14(13-24)4-6-15)22(28)27-20-10-8-16-2-1-11-25-21(16)26-20/h1-12H,(H,25,26,27,28). The first-order valence-corrected chi connectivity index (χ1v) is 8.85. The minimum absolute atomic E-state index is 0.309. The number of anilines is 1. The lowest BCUT2D eigenvalue weighted by molar-refractivity contribution is 0.102. The number of halogens is 1. The van der Waals surface area contributed by atoms with Crippen LogP contribution in [0.25, 0.3) is 22.2 Å². The van der Waals surface area contributed by atoms with Crippen molar-refractivity contribution in [2.75, 3.05) is 5.32 Å². The van der Waals surface area contributed by atoms with Crippen molar-refractivity contribution >= 4 is 34.4 Å². The normalized spacial score (nSPS) is 10.4. The Labute approximate surface area is 166 Å². The van der Waals surface area contributed by atoms with Gasteiger partial charge in [-0.1, -0.05) is 29.8 Å². The van der Waals surface area contributed by atoms with Crippen LogP contribution in [-0.2, 0) is 0 Å². The summed E-state index contributed by atoms with van der Waals surface area (Å²) in [5, 5.41) is 13.0. The molecule has 1 amide bonds. The molecule has 0 atom stereocenters. The second-order valence-corrected chi connectivity index (χ2v) is 6.49. The molecule has 0 saturated heterocycles. The zero-order chi connectivity index (χ0) is 19.5. The molecule has 0 fully saturated rings. The molecular weight excluding hydrogens is 372 g/mol. The average molecular weight is 385 g/mol. The monoisotopic (exact) mass is 384 g/mol. The second-order valence-electron chi connectivity index (χ2n) is 6.08. The fraction of sp³-hybridized carbons (Fsp3) is 0. The lowest BCUT2D eigenvalue weighted by atomic mass is 10.0. The molecule has 28 heavy (non-hydrogen) atoms. The number of nitrogens with zero attached hydrogens (tertiary/aromatic N) is 3. The highest BCUT2D eigenvalue weighted by Crippen LogP contribution is 2.29. The van der Waals surface area contributed by atoms with E-state index in [0.717, 1.165) is 16.5 Å². The minimum atomic E-state index is -0.309. The fourth-order valence-electron chi connectivity index (χ4n) is 2.83. The van der Waals surface area contributed by atoms with Gasteiger partial charge in [0.15, 0.2) is 5.65 Å². The number of carbonyl (C=O) groups is 1. The lowest BCUT2D eigenvalue weighted by Gasteiger charge is -2.09. The molecule has 0 aliphatic carbocycles. The quantitative estimate of drug-likeness (QED) is 0.534. The smallest absolute Gasteiger partial charge is 0.256 e. The van der Waals surface area contributed by atoms with Gasteiger partial charge in [0.05, 0.1) is 11.6 Å². The zero-order valence-corrected chi connectivity index (χ0v) is 15.3. The molecule has 0 unspecified atom stereocenters. The number of benzene rings is 2. The summed E-state index contributed by atoms with van der Waals surface area (Å²) in [5.74, 6) is 0.111. The van der Waals surface area contributed by atoms with Crippen LogP contribution in [0, 0.1) is 11.3 Å². The van der Waals surface area contributed by atoms with Crippen molar-refractivity contribution in [1.82, 2.24) is 9.97 Å². The summed E-state index contributed by atoms with van der Waals surface area (Å²) in [6.07, 6.45) is 1.66. The first kappa shape index (κ1) is 17.7. The van der Waals surface area contributed by atoms with E-state index in [9.17, 15) is 4.79 Å². The van der Waals surface area contributed by atoms with E-state index in [-0.39, 0.29) is 5.91 Å². The summed E-state index contributed by atoms with van der Waals surface area (Å²) in [6.45, 7) is 0. The van der Waals surface area contributed by atoms with Gasteiger partial charge in [-0.15, -0.1) is 0 Å². The van der Waals surface area contributed by atoms with Gasteiger partial charge in [0.25, 0.3) is 5.91 Å². The molecule has 134 valence electrons. The van der Waals surface area contributed by atoms with Gasteiger partial charge in [0.2, 0.25) is 0 Å². The number of nitrogens with one attached hydrogen (secondary N) is 1. The zero-order valence-electron chi connectivity index (χ0n) is 14.6. The van der Waals surface area contributed by atoms with E-state index in [4.69, 9.17) is 16.9 Å². The minimum Gasteiger partial charge on any atom is -0.306 e. The molecule has 0 radical (unpaired) electrons. The van der Waals surface area contributed by atoms with Gasteiger partial charge in [0.1, 0.15) is 5.82 Å². The van der Waals surface area contributed by atoms with E-state index in [1.54, 1.807) is 42.6 Å². The molecule has 4 aromatic rings. The number of pyridine rings is 2. The summed E-state index contributed by atoms with van der Waals surface area (Å²) >= 11 is 6.39. The number of hydrogen-bond donors (Lipinski definition) is 1. The van der Waals surface area contributed by atoms with Gasteiger partial charge < -0.3 is 5.32 Å². The van der Waals surface area contributed by atoms with Gasteiger partial charge in [-0.25, -0.2) is 9.97 Å². The molecule has 0 spiro atoms. The third-order valence-electron chi connectivity index (χ3n) is 4.26. The Hall–Kier alpha value is -3.75. The Kier molecular flexibility index (Phi) is 4.71. The Morgan fingerprint density at radius 3 is 2.61 bits per heavy atom. The first-order valence-electron chi connectivity index (χ1n) is 8.47. The van der Waals surface area contributed by atoms with Gasteiger partial charge in [-0.3, -0.25) is 4.79 Å². The fourth-order valence-corrected chi connectivity index (χ4v) is 3.12. The Morgan fingerprint density at radius 2 is 1.86 bits per heavy atom. The number of rotatable bonds is 3. The van der Waals surface area contributed by atoms with Crippen molar-refractivity contribution < 1.29 is 4.79 Å². The molecule has 0 saturated carbocycles. The van der Waals surface area contributed by atoms with E-state index in [1.165, 1.54) is 0 Å². The number of fused-ring (bicyclic) bond motifs is 1. The lowest BCUT2D eigenvalue weighted by Crippen LogP contribution is -2.13. The molecule has 4 rings (SSSR count). The van der Waals surface area contributed by atoms with Crippen molar-refractivity contribution in [1.29, 1.82) is 5.26 Å². The van der Waals surface area contributed by atoms with Crippen LogP contribution in [0.1, 0.15) is 15.9 Å². The van der Waals surface area contributed by atoms with Crippen LogP contribution in [0.15, 0.2) is 72.9 Å². The van der Waals surface area contributed by atoms with Crippen molar-refractivity contribution in [2.24, 2.45) is 0 Å². The SMILES string of the molecule is N#Cc1ccc(-c2ccc(C(=O)Nc3ccc4cccnc4n3)cc2Cl)cc1. The van der Waals surface area contributed by atoms with E-state index in [2.05, 4.69) is 21.4 Å². The van der Waals surface area contributed by atoms with Gasteiger partial charge in [-0.05, 0) is 54.1 Å². The van der Waals surface area contributed by atoms with Crippen molar-refractivity contribution in [3.63, 3.8) is 0 Å². The first-order chi connectivity index (χ1) is 13.6. The summed E-state index contributed by atoms with van der Waals surface area (Å²) < 4.78 is 0. The largest absolute Gasteiger partial charge is 0.306 e. The average Bonchev–Trinajstić information content (AvgIpc) is 2.73. The predicted octanol–water partition coefficient (Wildman–Crippen LogP) is 5.07. The highest BCUT2D eigenvalue weighted by molar-refractivity contribution is 6.33. The summed E-state index contributed by atoms with van der Waals surface area (Å²) in [7, 11) is 0. The van der Waals surface area contributed by atoms with Crippen LogP contribution in [-0.4, -0.2) is 15.9 Å². The van der Waals surface area contributed by atoms with Crippen LogP contribution in [0.4, 0.5) is 5.82 Å². The molecule has 2 heterocycles. The van der Waals surface area contributed by atoms with E-state index >= 15 is 0 Å². The summed E-state index contributed by atoms with van der Waals surface area (Å²) in [4.78, 5) is 21.1. The van der Waals surface area contributed by atoms with Crippen molar-refractivity contribution in [2.45, 2.75) is 0 Å². The number of hydrogen-bond acceptors (Lipinski definition) is 4. The maximum atomic E-state index is 12.6. The Bertz CT molecular complexity index is 1230. The number of amides is 1. The number of nitriles is 1. The Morgan fingerprint density at radius 1 is 1.04 bits per heavy atom. The van der Waals surface area contributed by atoms with Crippen LogP contribution in [0.3, 0.4) is 0 Å². The third-order valence-corrected chi connectivity index (χ3v) is 4.57. The number of carbonyl (C=O) groups excluding carboxylic acids is 1. The predicted molar refractivity (Wildman–Crippen MR) is 109 cm³/mol. The Balaban J connectivity index is 1.57. The maximum Gasteiger partial charge on any atom is 0.256 e. The summed E-state index contributed by atoms with van der Waals surface area (Å²) in [6, 6.07) is 21.6. The molecule has 0 bridgehead atoms. The molecule has 6 heteroatoms. The molecule has 0 aliphatic rings.